The van der Waals surface area contributed by atoms with Gasteiger partial charge in [-0.2, -0.15) is 0 Å². The predicted octanol–water partition coefficient (Wildman–Crippen LogP) is 2.12. The molecule has 1 unspecified atom stereocenters. The molecule has 6 heteroatoms. The van der Waals surface area contributed by atoms with Crippen LogP contribution in [-0.4, -0.2) is 42.9 Å². The Morgan fingerprint density at radius 2 is 2.22 bits per heavy atom. The molecule has 0 aromatic heterocycles. The van der Waals surface area contributed by atoms with Gasteiger partial charge in [0, 0.05) is 44.0 Å². The fraction of sp³-hybridized carbons (Fsp3) is 0.529. The molecule has 1 aliphatic heterocycles. The lowest BCUT2D eigenvalue weighted by atomic mass is 10.0. The van der Waals surface area contributed by atoms with Crippen molar-refractivity contribution in [2.24, 2.45) is 0 Å². The summed E-state index contributed by atoms with van der Waals surface area (Å²) in [6.45, 7) is 4.71. The number of hydrogen-bond donors (Lipinski definition) is 2. The first-order valence-corrected chi connectivity index (χ1v) is 8.52. The van der Waals surface area contributed by atoms with Gasteiger partial charge in [-0.1, -0.05) is 23.7 Å². The first kappa shape index (κ1) is 17.8. The molecule has 1 aliphatic rings. The van der Waals surface area contributed by atoms with E-state index in [1.807, 2.05) is 36.1 Å². The SMILES string of the molecule is CCNC(=O)CCCC(=O)N1CCNCC1c1cccc(Cl)c1. The summed E-state index contributed by atoms with van der Waals surface area (Å²) in [6.07, 6.45) is 1.37. The third kappa shape index (κ3) is 5.22. The zero-order valence-corrected chi connectivity index (χ0v) is 14.2. The van der Waals surface area contributed by atoms with Crippen LogP contribution in [0.1, 0.15) is 37.8 Å². The second-order valence-corrected chi connectivity index (χ2v) is 6.11. The topological polar surface area (TPSA) is 61.4 Å². The first-order chi connectivity index (χ1) is 11.1. The number of nitrogens with zero attached hydrogens (tertiary/aromatic N) is 1. The number of halogens is 1. The zero-order valence-electron chi connectivity index (χ0n) is 13.5. The molecule has 1 saturated heterocycles. The van der Waals surface area contributed by atoms with E-state index in [0.717, 1.165) is 18.7 Å². The van der Waals surface area contributed by atoms with Crippen molar-refractivity contribution in [3.8, 4) is 0 Å². The van der Waals surface area contributed by atoms with Gasteiger partial charge in [-0.3, -0.25) is 9.59 Å². The van der Waals surface area contributed by atoms with Gasteiger partial charge < -0.3 is 15.5 Å². The van der Waals surface area contributed by atoms with Crippen LogP contribution in [0.4, 0.5) is 0 Å². The maximum atomic E-state index is 12.5. The number of piperazine rings is 1. The van der Waals surface area contributed by atoms with E-state index in [2.05, 4.69) is 10.6 Å². The molecule has 0 spiro atoms. The number of benzene rings is 1. The Balaban J connectivity index is 1.95. The Morgan fingerprint density at radius 1 is 1.39 bits per heavy atom. The predicted molar refractivity (Wildman–Crippen MR) is 91.3 cm³/mol. The highest BCUT2D eigenvalue weighted by Gasteiger charge is 2.27. The molecule has 126 valence electrons. The molecular weight excluding hydrogens is 314 g/mol. The van der Waals surface area contributed by atoms with Gasteiger partial charge in [-0.25, -0.2) is 0 Å². The van der Waals surface area contributed by atoms with E-state index in [1.165, 1.54) is 0 Å². The summed E-state index contributed by atoms with van der Waals surface area (Å²) in [5, 5.41) is 6.76. The smallest absolute Gasteiger partial charge is 0.223 e. The minimum atomic E-state index is -0.000539. The van der Waals surface area contributed by atoms with Gasteiger partial charge in [0.15, 0.2) is 0 Å². The largest absolute Gasteiger partial charge is 0.356 e. The number of carbonyl (C=O) groups excluding carboxylic acids is 2. The Bertz CT molecular complexity index is 550. The average molecular weight is 338 g/mol. The second kappa shape index (κ2) is 8.89. The number of hydrogen-bond acceptors (Lipinski definition) is 3. The molecule has 0 radical (unpaired) electrons. The zero-order chi connectivity index (χ0) is 16.7. The van der Waals surface area contributed by atoms with Crippen LogP contribution in [0.15, 0.2) is 24.3 Å². The molecule has 0 bridgehead atoms. The van der Waals surface area contributed by atoms with Crippen LogP contribution >= 0.6 is 11.6 Å². The molecule has 0 aliphatic carbocycles. The molecule has 5 nitrogen and oxygen atoms in total. The van der Waals surface area contributed by atoms with Crippen LogP contribution in [-0.2, 0) is 9.59 Å². The Labute approximate surface area is 142 Å². The van der Waals surface area contributed by atoms with Crippen molar-refractivity contribution in [2.75, 3.05) is 26.2 Å². The van der Waals surface area contributed by atoms with Crippen molar-refractivity contribution in [1.82, 2.24) is 15.5 Å². The third-order valence-corrected chi connectivity index (χ3v) is 4.20. The highest BCUT2D eigenvalue weighted by Crippen LogP contribution is 2.25. The van der Waals surface area contributed by atoms with Gasteiger partial charge in [0.1, 0.15) is 0 Å². The fourth-order valence-electron chi connectivity index (χ4n) is 2.84. The van der Waals surface area contributed by atoms with Crippen molar-refractivity contribution >= 4 is 23.4 Å². The molecule has 1 heterocycles. The fourth-order valence-corrected chi connectivity index (χ4v) is 3.04. The lowest BCUT2D eigenvalue weighted by Gasteiger charge is -2.36. The van der Waals surface area contributed by atoms with Crippen LogP contribution in [0.3, 0.4) is 0 Å². The highest BCUT2D eigenvalue weighted by atomic mass is 35.5. The first-order valence-electron chi connectivity index (χ1n) is 8.14. The Morgan fingerprint density at radius 3 is 2.96 bits per heavy atom. The summed E-state index contributed by atoms with van der Waals surface area (Å²) in [6, 6.07) is 7.65. The minimum Gasteiger partial charge on any atom is -0.356 e. The van der Waals surface area contributed by atoms with Gasteiger partial charge in [-0.15, -0.1) is 0 Å². The number of carbonyl (C=O) groups is 2. The molecule has 1 aromatic carbocycles. The number of amides is 2. The van der Waals surface area contributed by atoms with E-state index >= 15 is 0 Å². The van der Waals surface area contributed by atoms with Crippen LogP contribution < -0.4 is 10.6 Å². The molecule has 1 fully saturated rings. The van der Waals surface area contributed by atoms with Gasteiger partial charge in [0.25, 0.3) is 0 Å². The van der Waals surface area contributed by atoms with E-state index in [-0.39, 0.29) is 17.9 Å². The van der Waals surface area contributed by atoms with Crippen molar-refractivity contribution in [3.05, 3.63) is 34.9 Å². The van der Waals surface area contributed by atoms with Crippen LogP contribution in [0.25, 0.3) is 0 Å². The van der Waals surface area contributed by atoms with Crippen LogP contribution in [0.5, 0.6) is 0 Å². The van der Waals surface area contributed by atoms with E-state index in [4.69, 9.17) is 11.6 Å². The summed E-state index contributed by atoms with van der Waals surface area (Å²) >= 11 is 6.07. The minimum absolute atomic E-state index is 0.000539. The highest BCUT2D eigenvalue weighted by molar-refractivity contribution is 6.30. The summed E-state index contributed by atoms with van der Waals surface area (Å²) in [5.41, 5.74) is 1.04. The monoisotopic (exact) mass is 337 g/mol. The van der Waals surface area contributed by atoms with E-state index in [0.29, 0.717) is 37.4 Å². The lowest BCUT2D eigenvalue weighted by Crippen LogP contribution is -2.48. The number of nitrogens with one attached hydrogen (secondary N) is 2. The van der Waals surface area contributed by atoms with Gasteiger partial charge >= 0.3 is 0 Å². The van der Waals surface area contributed by atoms with Crippen LogP contribution in [0, 0.1) is 0 Å². The summed E-state index contributed by atoms with van der Waals surface area (Å²) < 4.78 is 0. The summed E-state index contributed by atoms with van der Waals surface area (Å²) in [4.78, 5) is 25.9. The third-order valence-electron chi connectivity index (χ3n) is 3.97. The van der Waals surface area contributed by atoms with Crippen molar-refractivity contribution in [2.45, 2.75) is 32.2 Å². The maximum absolute atomic E-state index is 12.5. The van der Waals surface area contributed by atoms with Crippen LogP contribution in [0.2, 0.25) is 5.02 Å². The normalized spacial score (nSPS) is 17.8. The number of rotatable bonds is 6. The van der Waals surface area contributed by atoms with Crippen molar-refractivity contribution in [3.63, 3.8) is 0 Å². The molecule has 1 aromatic rings. The van der Waals surface area contributed by atoms with Crippen molar-refractivity contribution < 1.29 is 9.59 Å². The molecule has 0 saturated carbocycles. The molecule has 1 atom stereocenters. The molecule has 2 N–H and O–H groups in total. The molecule has 2 rings (SSSR count). The summed E-state index contributed by atoms with van der Waals surface area (Å²) in [5.74, 6) is 0.104. The maximum Gasteiger partial charge on any atom is 0.223 e. The van der Waals surface area contributed by atoms with Gasteiger partial charge in [0.05, 0.1) is 6.04 Å². The quantitative estimate of drug-likeness (QED) is 0.836. The Kier molecular flexibility index (Phi) is 6.86. The van der Waals surface area contributed by atoms with Gasteiger partial charge in [0.2, 0.25) is 11.8 Å². The second-order valence-electron chi connectivity index (χ2n) is 5.67. The van der Waals surface area contributed by atoms with Gasteiger partial charge in [-0.05, 0) is 31.0 Å². The van der Waals surface area contributed by atoms with E-state index in [9.17, 15) is 9.59 Å². The average Bonchev–Trinajstić information content (AvgIpc) is 2.55. The molecule has 2 amide bonds. The lowest BCUT2D eigenvalue weighted by molar-refractivity contribution is -0.134. The van der Waals surface area contributed by atoms with E-state index < -0.39 is 0 Å². The molecule has 23 heavy (non-hydrogen) atoms. The molecular formula is C17H24ClN3O2. The summed E-state index contributed by atoms with van der Waals surface area (Å²) in [7, 11) is 0. The van der Waals surface area contributed by atoms with E-state index in [1.54, 1.807) is 0 Å². The Hall–Kier alpha value is -1.59. The standard InChI is InChI=1S/C17H24ClN3O2/c1-2-20-16(22)7-4-8-17(23)21-10-9-19-12-15(21)13-5-3-6-14(18)11-13/h3,5-6,11,15,19H,2,4,7-10,12H2,1H3,(H,20,22). The van der Waals surface area contributed by atoms with Crippen molar-refractivity contribution in [1.29, 1.82) is 0 Å².